The Morgan fingerprint density at radius 2 is 1.82 bits per heavy atom. The van der Waals surface area contributed by atoms with E-state index in [0.29, 0.717) is 16.9 Å². The minimum atomic E-state index is -2.42. The molecule has 11 nitrogen and oxygen atoms in total. The maximum absolute atomic E-state index is 12.7. The first-order chi connectivity index (χ1) is 16.2. The van der Waals surface area contributed by atoms with E-state index in [2.05, 4.69) is 47.8 Å². The highest BCUT2D eigenvalue weighted by Gasteiger charge is 2.20. The molecule has 3 aromatic carbocycles. The average molecular weight is 592 g/mol. The number of nitro benzene ring substituents is 1. The van der Waals surface area contributed by atoms with E-state index in [1.54, 1.807) is 24.3 Å². The Balaban J connectivity index is 1.80. The van der Waals surface area contributed by atoms with Gasteiger partial charge >= 0.3 is 5.91 Å². The van der Waals surface area contributed by atoms with E-state index in [4.69, 9.17) is 0 Å². The summed E-state index contributed by atoms with van der Waals surface area (Å²) in [6, 6.07) is 16.0. The fourth-order valence-electron chi connectivity index (χ4n) is 2.86. The number of nitro groups is 1. The molecule has 0 saturated heterocycles. The van der Waals surface area contributed by atoms with Crippen molar-refractivity contribution >= 4 is 62.5 Å². The molecular weight excluding hydrogens is 575 g/mol. The van der Waals surface area contributed by atoms with Crippen molar-refractivity contribution in [1.29, 1.82) is 0 Å². The van der Waals surface area contributed by atoms with Crippen LogP contribution in [0.3, 0.4) is 0 Å². The number of non-ortho nitro benzene ring substituents is 1. The van der Waals surface area contributed by atoms with Gasteiger partial charge in [0.2, 0.25) is 10.0 Å². The summed E-state index contributed by atoms with van der Waals surface area (Å²) >= 11 is -0.230. The van der Waals surface area contributed by atoms with Gasteiger partial charge in [0.1, 0.15) is 11.7 Å². The highest BCUT2D eigenvalue weighted by atomic mass is 127. The van der Waals surface area contributed by atoms with Gasteiger partial charge in [-0.2, -0.15) is 0 Å². The predicted octanol–water partition coefficient (Wildman–Crippen LogP) is 4.77. The second kappa shape index (κ2) is 11.6. The minimum absolute atomic E-state index is 0.0212. The molecule has 3 rings (SSSR count). The summed E-state index contributed by atoms with van der Waals surface area (Å²) in [6.07, 6.45) is 0. The van der Waals surface area contributed by atoms with Gasteiger partial charge in [-0.15, -0.1) is 0 Å². The van der Waals surface area contributed by atoms with Crippen LogP contribution < -0.4 is 15.0 Å². The molecule has 0 spiro atoms. The van der Waals surface area contributed by atoms with Gasteiger partial charge in [-0.3, -0.25) is 19.1 Å². The van der Waals surface area contributed by atoms with Gasteiger partial charge in [0.25, 0.3) is 5.69 Å². The topological polar surface area (TPSA) is 163 Å². The van der Waals surface area contributed by atoms with Crippen molar-refractivity contribution in [2.45, 2.75) is 13.5 Å². The zero-order valence-corrected chi connectivity index (χ0v) is 20.6. The third kappa shape index (κ3) is 6.99. The molecule has 174 valence electrons. The van der Waals surface area contributed by atoms with Crippen molar-refractivity contribution in [3.05, 3.63) is 91.0 Å². The number of aryl methyl sites for hydroxylation is 1. The lowest BCUT2D eigenvalue weighted by atomic mass is 10.1. The van der Waals surface area contributed by atoms with Gasteiger partial charge in [0.15, 0.2) is 0 Å². The molecule has 0 aliphatic carbocycles. The summed E-state index contributed by atoms with van der Waals surface area (Å²) in [4.78, 5) is 26.8. The molecule has 0 radical (unpaired) electrons. The Morgan fingerprint density at radius 3 is 2.47 bits per heavy atom. The number of anilines is 3. The maximum atomic E-state index is 12.7. The second-order valence-electron chi connectivity index (χ2n) is 6.90. The molecule has 1 amide bonds. The lowest BCUT2D eigenvalue weighted by Gasteiger charge is -2.11. The van der Waals surface area contributed by atoms with E-state index < -0.39 is 22.1 Å². The van der Waals surface area contributed by atoms with Crippen LogP contribution >= 0.6 is 22.6 Å². The van der Waals surface area contributed by atoms with Crippen LogP contribution in [0.15, 0.2) is 70.9 Å². The molecule has 2 N–H and O–H groups in total. The third-order valence-electron chi connectivity index (χ3n) is 4.51. The van der Waals surface area contributed by atoms with Crippen molar-refractivity contribution in [2.75, 3.05) is 10.0 Å². The first kappa shape index (κ1) is 25.1. The van der Waals surface area contributed by atoms with Crippen LogP contribution in [0.2, 0.25) is 0 Å². The molecule has 0 heterocycles. The summed E-state index contributed by atoms with van der Waals surface area (Å²) in [5.74, 6) is -0.796. The highest BCUT2D eigenvalue weighted by molar-refractivity contribution is 14.1. The summed E-state index contributed by atoms with van der Waals surface area (Å²) in [7, 11) is 0. The van der Waals surface area contributed by atoms with Gasteiger partial charge in [-0.25, -0.2) is 0 Å². The minimum Gasteiger partial charge on any atom is -0.755 e. The molecule has 13 heteroatoms. The first-order valence-electron chi connectivity index (χ1n) is 9.61. The molecule has 0 aliphatic heterocycles. The Bertz CT molecular complexity index is 1330. The lowest BCUT2D eigenvalue weighted by Crippen LogP contribution is -2.04. The molecule has 1 atom stereocenters. The summed E-state index contributed by atoms with van der Waals surface area (Å²) in [5.41, 5.74) is 2.84. The van der Waals surface area contributed by atoms with Gasteiger partial charge in [0.05, 0.1) is 16.2 Å². The number of nitrogens with zero attached hydrogens (tertiary/aromatic N) is 4. The Morgan fingerprint density at radius 1 is 1.12 bits per heavy atom. The van der Waals surface area contributed by atoms with E-state index in [0.717, 1.165) is 20.9 Å². The fourth-order valence-corrected chi connectivity index (χ4v) is 3.83. The Labute approximate surface area is 210 Å². The standard InChI is InChI=1S/C21H17IN6O5S/c1-13-10-15(22)4-8-19(13)24-20-9-7-17(28(30)31)11-18(20)21(29)25-27-23-12-14-2-5-16(6-3-14)26-34(32)33/h2-11,26H,12H2,1H3,(H-,24,29,32,33). The third-order valence-corrected chi connectivity index (χ3v) is 5.58. The van der Waals surface area contributed by atoms with Gasteiger partial charge in [0, 0.05) is 38.3 Å². The zero-order chi connectivity index (χ0) is 24.7. The monoisotopic (exact) mass is 592 g/mol. The summed E-state index contributed by atoms with van der Waals surface area (Å²) in [5, 5.41) is 21.7. The Kier molecular flexibility index (Phi) is 8.54. The quantitative estimate of drug-likeness (QED) is 0.0956. The second-order valence-corrected chi connectivity index (χ2v) is 8.82. The fraction of sp³-hybridized carbons (Fsp3) is 0.0952. The zero-order valence-electron chi connectivity index (χ0n) is 17.6. The number of amides is 1. The maximum Gasteiger partial charge on any atom is 0.363 e. The van der Waals surface area contributed by atoms with Crippen molar-refractivity contribution in [3.63, 3.8) is 0 Å². The van der Waals surface area contributed by atoms with E-state index in [-0.39, 0.29) is 17.8 Å². The molecule has 0 aliphatic rings. The number of carbonyl (C=O) groups is 1. The number of nitrogens with one attached hydrogen (secondary N) is 2. The van der Waals surface area contributed by atoms with Crippen LogP contribution in [-0.2, 0) is 17.8 Å². The van der Waals surface area contributed by atoms with Gasteiger partial charge in [-0.1, -0.05) is 12.1 Å². The van der Waals surface area contributed by atoms with Crippen molar-refractivity contribution < 1.29 is 18.5 Å². The van der Waals surface area contributed by atoms with Crippen LogP contribution in [0.5, 0.6) is 0 Å². The molecule has 0 fully saturated rings. The number of benzene rings is 3. The van der Waals surface area contributed by atoms with E-state index in [9.17, 15) is 23.7 Å². The molecule has 3 aromatic rings. The SMILES string of the molecule is Cc1cc(I)ccc1Nc1ccc([N+](=O)[O-])cc1C(=O)N=[N+]=NCc1ccc(NS(=O)[O-])cc1. The van der Waals surface area contributed by atoms with Crippen LogP contribution in [0.25, 0.3) is 0 Å². The Hall–Kier alpha value is -3.52. The van der Waals surface area contributed by atoms with Gasteiger partial charge < -0.3 is 14.6 Å². The number of halogens is 1. The van der Waals surface area contributed by atoms with Crippen LogP contribution in [0.4, 0.5) is 22.7 Å². The normalized spacial score (nSPS) is 11.1. The van der Waals surface area contributed by atoms with Crippen LogP contribution in [-0.4, -0.2) is 19.6 Å². The molecular formula is C21H17IN6O5S. The average Bonchev–Trinajstić information content (AvgIpc) is 2.79. The van der Waals surface area contributed by atoms with E-state index >= 15 is 0 Å². The lowest BCUT2D eigenvalue weighted by molar-refractivity contribution is -0.384. The number of hydrogen-bond acceptors (Lipinski definition) is 7. The van der Waals surface area contributed by atoms with Crippen molar-refractivity contribution in [3.8, 4) is 0 Å². The smallest absolute Gasteiger partial charge is 0.363 e. The molecule has 1 unspecified atom stereocenters. The number of hydrogen-bond donors (Lipinski definition) is 2. The van der Waals surface area contributed by atoms with E-state index in [1.165, 1.54) is 12.1 Å². The number of rotatable bonds is 8. The number of carbonyl (C=O) groups excluding carboxylic acids is 1. The molecule has 0 aromatic heterocycles. The first-order valence-corrected chi connectivity index (χ1v) is 11.8. The van der Waals surface area contributed by atoms with Crippen LogP contribution in [0.1, 0.15) is 21.5 Å². The molecule has 0 saturated carbocycles. The van der Waals surface area contributed by atoms with Crippen molar-refractivity contribution in [2.24, 2.45) is 10.2 Å². The van der Waals surface area contributed by atoms with Gasteiger partial charge in [-0.05, 0) is 77.0 Å². The van der Waals surface area contributed by atoms with E-state index in [1.807, 2.05) is 25.1 Å². The molecule has 0 bridgehead atoms. The summed E-state index contributed by atoms with van der Waals surface area (Å²) < 4.78 is 24.5. The summed E-state index contributed by atoms with van der Waals surface area (Å²) in [6.45, 7) is 2.00. The largest absolute Gasteiger partial charge is 0.755 e. The molecule has 34 heavy (non-hydrogen) atoms. The van der Waals surface area contributed by atoms with Crippen molar-refractivity contribution in [1.82, 2.24) is 4.91 Å². The predicted molar refractivity (Wildman–Crippen MR) is 134 cm³/mol. The van der Waals surface area contributed by atoms with Crippen LogP contribution in [0, 0.1) is 20.6 Å². The highest BCUT2D eigenvalue weighted by Crippen LogP contribution is 2.28.